The van der Waals surface area contributed by atoms with E-state index in [4.69, 9.17) is 4.74 Å². The van der Waals surface area contributed by atoms with E-state index in [9.17, 15) is 9.59 Å². The molecule has 0 atom stereocenters. The van der Waals surface area contributed by atoms with Crippen LogP contribution in [-0.2, 0) is 0 Å². The summed E-state index contributed by atoms with van der Waals surface area (Å²) in [5, 5.41) is 0. The van der Waals surface area contributed by atoms with Crippen molar-refractivity contribution in [3.8, 4) is 5.75 Å². The Hall–Kier alpha value is -2.04. The van der Waals surface area contributed by atoms with Crippen molar-refractivity contribution in [2.24, 2.45) is 0 Å². The number of aromatic nitrogens is 2. The Labute approximate surface area is 84.7 Å². The molecule has 0 fully saturated rings. The van der Waals surface area contributed by atoms with Crippen LogP contribution in [-0.4, -0.2) is 17.1 Å². The van der Waals surface area contributed by atoms with Gasteiger partial charge in [-0.2, -0.15) is 0 Å². The molecule has 2 rings (SSSR count). The third kappa shape index (κ3) is 1.52. The van der Waals surface area contributed by atoms with Crippen molar-refractivity contribution in [3.63, 3.8) is 0 Å². The quantitative estimate of drug-likeness (QED) is 0.668. The summed E-state index contributed by atoms with van der Waals surface area (Å²) in [6, 6.07) is 3.45. The van der Waals surface area contributed by atoms with Crippen LogP contribution in [0.3, 0.4) is 0 Å². The van der Waals surface area contributed by atoms with Crippen molar-refractivity contribution in [1.82, 2.24) is 9.97 Å². The molecule has 0 spiro atoms. The van der Waals surface area contributed by atoms with Crippen LogP contribution < -0.4 is 15.9 Å². The van der Waals surface area contributed by atoms with E-state index in [1.54, 1.807) is 19.2 Å². The van der Waals surface area contributed by atoms with Crippen LogP contribution in [0, 0.1) is 6.92 Å². The Bertz CT molecular complexity index is 625. The normalized spacial score (nSPS) is 10.5. The topological polar surface area (TPSA) is 75.0 Å². The minimum absolute atomic E-state index is 0.566. The maximum absolute atomic E-state index is 11.1. The fourth-order valence-electron chi connectivity index (χ4n) is 1.49. The minimum Gasteiger partial charge on any atom is -0.497 e. The molecule has 0 aliphatic heterocycles. The van der Waals surface area contributed by atoms with Gasteiger partial charge in [0.15, 0.2) is 0 Å². The Kier molecular flexibility index (Phi) is 2.07. The highest BCUT2D eigenvalue weighted by atomic mass is 16.5. The third-order valence-corrected chi connectivity index (χ3v) is 2.24. The van der Waals surface area contributed by atoms with Gasteiger partial charge in [-0.15, -0.1) is 0 Å². The predicted molar refractivity (Wildman–Crippen MR) is 56.5 cm³/mol. The van der Waals surface area contributed by atoms with Crippen LogP contribution in [0.4, 0.5) is 0 Å². The number of aryl methyl sites for hydroxylation is 1. The zero-order valence-corrected chi connectivity index (χ0v) is 8.38. The average molecular weight is 206 g/mol. The van der Waals surface area contributed by atoms with Crippen LogP contribution in [0.1, 0.15) is 5.56 Å². The molecule has 0 amide bonds. The van der Waals surface area contributed by atoms with E-state index >= 15 is 0 Å². The molecule has 5 heteroatoms. The van der Waals surface area contributed by atoms with Gasteiger partial charge >= 0.3 is 11.1 Å². The first kappa shape index (κ1) is 9.51. The molecule has 0 bridgehead atoms. The molecule has 0 saturated carbocycles. The van der Waals surface area contributed by atoms with E-state index in [2.05, 4.69) is 9.97 Å². The maximum Gasteiger partial charge on any atom is 0.314 e. The lowest BCUT2D eigenvalue weighted by Crippen LogP contribution is -2.29. The van der Waals surface area contributed by atoms with Crippen molar-refractivity contribution < 1.29 is 4.74 Å². The Morgan fingerprint density at radius 2 is 1.80 bits per heavy atom. The molecule has 2 N–H and O–H groups in total. The summed E-state index contributed by atoms with van der Waals surface area (Å²) in [5.41, 5.74) is 0.737. The van der Waals surface area contributed by atoms with Gasteiger partial charge in [-0.3, -0.25) is 9.59 Å². The second-order valence-electron chi connectivity index (χ2n) is 3.28. The lowest BCUT2D eigenvalue weighted by molar-refractivity contribution is 0.415. The standard InChI is InChI=1S/C10H10N2O3/c1-5-3-6(15-2)4-7-8(5)12-10(14)9(13)11-7/h3-4H,1-2H3,(H,11,13)(H,12,14). The van der Waals surface area contributed by atoms with E-state index in [-0.39, 0.29) is 0 Å². The summed E-state index contributed by atoms with van der Waals surface area (Å²) in [6.07, 6.45) is 0. The van der Waals surface area contributed by atoms with Crippen molar-refractivity contribution >= 4 is 11.0 Å². The second-order valence-corrected chi connectivity index (χ2v) is 3.28. The molecule has 0 aliphatic rings. The largest absolute Gasteiger partial charge is 0.497 e. The van der Waals surface area contributed by atoms with Crippen LogP contribution >= 0.6 is 0 Å². The number of ether oxygens (including phenoxy) is 1. The molecule has 0 unspecified atom stereocenters. The molecule has 15 heavy (non-hydrogen) atoms. The van der Waals surface area contributed by atoms with Crippen molar-refractivity contribution in [2.45, 2.75) is 6.92 Å². The van der Waals surface area contributed by atoms with Crippen LogP contribution in [0.2, 0.25) is 0 Å². The van der Waals surface area contributed by atoms with Crippen molar-refractivity contribution in [1.29, 1.82) is 0 Å². The number of methoxy groups -OCH3 is 1. The summed E-state index contributed by atoms with van der Waals surface area (Å²) >= 11 is 0. The van der Waals surface area contributed by atoms with Crippen LogP contribution in [0.25, 0.3) is 11.0 Å². The van der Waals surface area contributed by atoms with Gasteiger partial charge in [0.25, 0.3) is 0 Å². The van der Waals surface area contributed by atoms with Crippen molar-refractivity contribution in [3.05, 3.63) is 38.4 Å². The number of hydrogen-bond acceptors (Lipinski definition) is 3. The molecule has 5 nitrogen and oxygen atoms in total. The maximum atomic E-state index is 11.1. The zero-order valence-electron chi connectivity index (χ0n) is 8.38. The molecule has 1 aromatic carbocycles. The third-order valence-electron chi connectivity index (χ3n) is 2.24. The number of H-pyrrole nitrogens is 2. The lowest BCUT2D eigenvalue weighted by atomic mass is 10.2. The Morgan fingerprint density at radius 1 is 1.13 bits per heavy atom. The van der Waals surface area contributed by atoms with Gasteiger partial charge in [0.2, 0.25) is 0 Å². The van der Waals surface area contributed by atoms with E-state index in [1.165, 1.54) is 0 Å². The summed E-state index contributed by atoms with van der Waals surface area (Å²) < 4.78 is 5.06. The molecule has 78 valence electrons. The first-order valence-electron chi connectivity index (χ1n) is 4.43. The molecule has 0 radical (unpaired) electrons. The highest BCUT2D eigenvalue weighted by Crippen LogP contribution is 2.19. The predicted octanol–water partition coefficient (Wildman–Crippen LogP) is 0.533. The van der Waals surface area contributed by atoms with E-state index in [1.807, 2.05) is 6.92 Å². The molecule has 1 aromatic heterocycles. The van der Waals surface area contributed by atoms with Gasteiger partial charge < -0.3 is 14.7 Å². The first-order valence-corrected chi connectivity index (χ1v) is 4.43. The van der Waals surface area contributed by atoms with Crippen LogP contribution in [0.5, 0.6) is 5.75 Å². The van der Waals surface area contributed by atoms with E-state index < -0.39 is 11.1 Å². The monoisotopic (exact) mass is 206 g/mol. The van der Waals surface area contributed by atoms with Gasteiger partial charge in [0.1, 0.15) is 5.75 Å². The molecular weight excluding hydrogens is 196 g/mol. The molecule has 0 saturated heterocycles. The van der Waals surface area contributed by atoms with Gasteiger partial charge in [-0.05, 0) is 18.6 Å². The number of benzene rings is 1. The second kappa shape index (κ2) is 3.27. The Balaban J connectivity index is 2.92. The zero-order chi connectivity index (χ0) is 11.0. The highest BCUT2D eigenvalue weighted by molar-refractivity contribution is 5.79. The summed E-state index contributed by atoms with van der Waals surface area (Å²) in [4.78, 5) is 27.2. The number of hydrogen-bond donors (Lipinski definition) is 2. The molecule has 0 aliphatic carbocycles. The summed E-state index contributed by atoms with van der Waals surface area (Å²) in [5.74, 6) is 0.641. The SMILES string of the molecule is COc1cc(C)c2[nH]c(=O)c(=O)[nH]c2c1. The lowest BCUT2D eigenvalue weighted by Gasteiger charge is -2.05. The summed E-state index contributed by atoms with van der Waals surface area (Å²) in [7, 11) is 1.55. The highest BCUT2D eigenvalue weighted by Gasteiger charge is 2.04. The molecule has 1 heterocycles. The number of rotatable bonds is 1. The first-order chi connectivity index (χ1) is 7.11. The fourth-order valence-corrected chi connectivity index (χ4v) is 1.49. The smallest absolute Gasteiger partial charge is 0.314 e. The van der Waals surface area contributed by atoms with Crippen LogP contribution in [0.15, 0.2) is 21.7 Å². The van der Waals surface area contributed by atoms with Gasteiger partial charge in [-0.25, -0.2) is 0 Å². The average Bonchev–Trinajstić information content (AvgIpc) is 2.21. The van der Waals surface area contributed by atoms with E-state index in [0.29, 0.717) is 16.8 Å². The number of nitrogens with one attached hydrogen (secondary N) is 2. The number of aromatic amines is 2. The van der Waals surface area contributed by atoms with Gasteiger partial charge in [0, 0.05) is 6.07 Å². The van der Waals surface area contributed by atoms with Gasteiger partial charge in [-0.1, -0.05) is 0 Å². The van der Waals surface area contributed by atoms with Crippen molar-refractivity contribution in [2.75, 3.05) is 7.11 Å². The Morgan fingerprint density at radius 3 is 2.47 bits per heavy atom. The molecular formula is C10H10N2O3. The van der Waals surface area contributed by atoms with E-state index in [0.717, 1.165) is 5.56 Å². The fraction of sp³-hybridized carbons (Fsp3) is 0.200. The van der Waals surface area contributed by atoms with Gasteiger partial charge in [0.05, 0.1) is 18.1 Å². The molecule has 2 aromatic rings. The number of fused-ring (bicyclic) bond motifs is 1. The minimum atomic E-state index is -0.657. The summed E-state index contributed by atoms with van der Waals surface area (Å²) in [6.45, 7) is 1.83.